The predicted octanol–water partition coefficient (Wildman–Crippen LogP) is 2.31. The molecule has 0 radical (unpaired) electrons. The van der Waals surface area contributed by atoms with Crippen molar-refractivity contribution in [2.24, 2.45) is 0 Å². The van der Waals surface area contributed by atoms with Crippen LogP contribution in [0.3, 0.4) is 0 Å². The van der Waals surface area contributed by atoms with Gasteiger partial charge >= 0.3 is 0 Å². The molecule has 0 amide bonds. The molecular formula is C16H20N2O3S. The molecule has 1 aliphatic rings. The first-order chi connectivity index (χ1) is 10.8. The van der Waals surface area contributed by atoms with Crippen molar-refractivity contribution < 1.29 is 9.47 Å². The molecule has 2 heterocycles. The van der Waals surface area contributed by atoms with Crippen molar-refractivity contribution in [2.75, 3.05) is 26.1 Å². The molecule has 118 valence electrons. The Kier molecular flexibility index (Phi) is 5.12. The number of aromatic nitrogens is 2. The molecule has 1 atom stereocenters. The van der Waals surface area contributed by atoms with Crippen LogP contribution in [-0.2, 0) is 16.0 Å². The number of hydrogen-bond donors (Lipinski definition) is 0. The molecule has 1 aromatic carbocycles. The van der Waals surface area contributed by atoms with E-state index in [9.17, 15) is 4.79 Å². The zero-order valence-electron chi connectivity index (χ0n) is 12.7. The third-order valence-corrected chi connectivity index (χ3v) is 4.70. The molecule has 22 heavy (non-hydrogen) atoms. The van der Waals surface area contributed by atoms with Crippen LogP contribution in [0.5, 0.6) is 0 Å². The van der Waals surface area contributed by atoms with Crippen LogP contribution in [0.2, 0.25) is 0 Å². The molecular weight excluding hydrogens is 300 g/mol. The molecule has 0 saturated carbocycles. The zero-order valence-corrected chi connectivity index (χ0v) is 13.5. The number of thioether (sulfide) groups is 1. The summed E-state index contributed by atoms with van der Waals surface area (Å²) in [6.07, 6.45) is 2.18. The average molecular weight is 320 g/mol. The second-order valence-corrected chi connectivity index (χ2v) is 6.37. The summed E-state index contributed by atoms with van der Waals surface area (Å²) >= 11 is 1.56. The Labute approximate surface area is 133 Å². The fourth-order valence-electron chi connectivity index (χ4n) is 2.63. The minimum atomic E-state index is 0.0148. The van der Waals surface area contributed by atoms with Crippen LogP contribution < -0.4 is 5.56 Å². The Bertz CT molecular complexity index is 695. The van der Waals surface area contributed by atoms with Crippen LogP contribution in [0.1, 0.15) is 12.8 Å². The summed E-state index contributed by atoms with van der Waals surface area (Å²) in [7, 11) is 1.67. The van der Waals surface area contributed by atoms with Gasteiger partial charge in [-0.3, -0.25) is 9.36 Å². The van der Waals surface area contributed by atoms with Crippen molar-refractivity contribution in [2.45, 2.75) is 30.6 Å². The van der Waals surface area contributed by atoms with E-state index in [1.165, 1.54) is 0 Å². The van der Waals surface area contributed by atoms with Gasteiger partial charge in [-0.1, -0.05) is 23.9 Å². The molecule has 1 saturated heterocycles. The highest BCUT2D eigenvalue weighted by Gasteiger charge is 2.20. The van der Waals surface area contributed by atoms with Gasteiger partial charge in [-0.25, -0.2) is 4.98 Å². The molecule has 1 aliphatic heterocycles. The average Bonchev–Trinajstić information content (AvgIpc) is 3.04. The molecule has 1 unspecified atom stereocenters. The molecule has 1 fully saturated rings. The third kappa shape index (κ3) is 3.34. The molecule has 0 aliphatic carbocycles. The van der Waals surface area contributed by atoms with E-state index in [1.807, 2.05) is 24.3 Å². The van der Waals surface area contributed by atoms with Crippen molar-refractivity contribution in [3.05, 3.63) is 34.6 Å². The summed E-state index contributed by atoms with van der Waals surface area (Å²) in [5.74, 6) is 0.771. The minimum Gasteiger partial charge on any atom is -0.384 e. The molecule has 0 bridgehead atoms. The van der Waals surface area contributed by atoms with Crippen molar-refractivity contribution in [3.63, 3.8) is 0 Å². The van der Waals surface area contributed by atoms with Crippen molar-refractivity contribution in [3.8, 4) is 0 Å². The summed E-state index contributed by atoms with van der Waals surface area (Å²) in [6, 6.07) is 7.50. The van der Waals surface area contributed by atoms with Crippen LogP contribution in [0, 0.1) is 0 Å². The van der Waals surface area contributed by atoms with Crippen LogP contribution in [0.4, 0.5) is 0 Å². The molecule has 5 nitrogen and oxygen atoms in total. The number of fused-ring (bicyclic) bond motifs is 1. The number of para-hydroxylation sites is 1. The number of nitrogens with zero attached hydrogens (tertiary/aromatic N) is 2. The highest BCUT2D eigenvalue weighted by molar-refractivity contribution is 7.99. The van der Waals surface area contributed by atoms with E-state index in [4.69, 9.17) is 9.47 Å². The normalized spacial score (nSPS) is 18.1. The maximum atomic E-state index is 12.8. The molecule has 3 rings (SSSR count). The lowest BCUT2D eigenvalue weighted by Gasteiger charge is -2.16. The van der Waals surface area contributed by atoms with E-state index in [0.717, 1.165) is 35.9 Å². The van der Waals surface area contributed by atoms with Crippen LogP contribution in [-0.4, -0.2) is 41.7 Å². The Hall–Kier alpha value is -1.37. The van der Waals surface area contributed by atoms with Crippen molar-refractivity contribution in [1.29, 1.82) is 0 Å². The van der Waals surface area contributed by atoms with Gasteiger partial charge in [0, 0.05) is 19.5 Å². The Morgan fingerprint density at radius 2 is 2.32 bits per heavy atom. The standard InChI is InChI=1S/C16H20N2O3S/c1-20-9-10-22-16-17-14-7-3-2-6-13(14)15(19)18(16)11-12-5-4-8-21-12/h2-3,6-7,12H,4-5,8-11H2,1H3. The summed E-state index contributed by atoms with van der Waals surface area (Å²) in [4.78, 5) is 17.5. The largest absolute Gasteiger partial charge is 0.384 e. The maximum absolute atomic E-state index is 12.8. The maximum Gasteiger partial charge on any atom is 0.262 e. The fraction of sp³-hybridized carbons (Fsp3) is 0.500. The quantitative estimate of drug-likeness (QED) is 0.464. The lowest BCUT2D eigenvalue weighted by atomic mass is 10.2. The van der Waals surface area contributed by atoms with Gasteiger partial charge in [-0.15, -0.1) is 0 Å². The van der Waals surface area contributed by atoms with E-state index in [-0.39, 0.29) is 11.7 Å². The molecule has 2 aromatic rings. The monoisotopic (exact) mass is 320 g/mol. The predicted molar refractivity (Wildman–Crippen MR) is 87.6 cm³/mol. The zero-order chi connectivity index (χ0) is 15.4. The van der Waals surface area contributed by atoms with E-state index in [1.54, 1.807) is 23.4 Å². The van der Waals surface area contributed by atoms with Crippen molar-refractivity contribution in [1.82, 2.24) is 9.55 Å². The summed E-state index contributed by atoms with van der Waals surface area (Å²) in [6.45, 7) is 1.99. The molecule has 6 heteroatoms. The number of benzene rings is 1. The summed E-state index contributed by atoms with van der Waals surface area (Å²) in [5.41, 5.74) is 0.761. The van der Waals surface area contributed by atoms with E-state index in [0.29, 0.717) is 18.5 Å². The van der Waals surface area contributed by atoms with Gasteiger partial charge in [-0.05, 0) is 25.0 Å². The van der Waals surface area contributed by atoms with Crippen molar-refractivity contribution >= 4 is 22.7 Å². The number of ether oxygens (including phenoxy) is 2. The van der Waals surface area contributed by atoms with Gasteiger partial charge < -0.3 is 9.47 Å². The van der Waals surface area contributed by atoms with E-state index < -0.39 is 0 Å². The van der Waals surface area contributed by atoms with Gasteiger partial charge in [0.05, 0.1) is 30.2 Å². The number of hydrogen-bond acceptors (Lipinski definition) is 5. The SMILES string of the molecule is COCCSc1nc2ccccc2c(=O)n1CC1CCCO1. The second-order valence-electron chi connectivity index (χ2n) is 5.30. The van der Waals surface area contributed by atoms with Gasteiger partial charge in [0.25, 0.3) is 5.56 Å². The lowest BCUT2D eigenvalue weighted by Crippen LogP contribution is -2.29. The van der Waals surface area contributed by atoms with Gasteiger partial charge in [-0.2, -0.15) is 0 Å². The second kappa shape index (κ2) is 7.26. The number of methoxy groups -OCH3 is 1. The fourth-order valence-corrected chi connectivity index (χ4v) is 3.54. The van der Waals surface area contributed by atoms with Gasteiger partial charge in [0.1, 0.15) is 0 Å². The first kappa shape index (κ1) is 15.5. The van der Waals surface area contributed by atoms with E-state index in [2.05, 4.69) is 4.98 Å². The van der Waals surface area contributed by atoms with E-state index >= 15 is 0 Å². The smallest absolute Gasteiger partial charge is 0.262 e. The van der Waals surface area contributed by atoms with Crippen LogP contribution in [0.15, 0.2) is 34.2 Å². The van der Waals surface area contributed by atoms with Gasteiger partial charge in [0.15, 0.2) is 5.16 Å². The molecule has 0 spiro atoms. The van der Waals surface area contributed by atoms with Crippen LogP contribution >= 0.6 is 11.8 Å². The highest BCUT2D eigenvalue weighted by Crippen LogP contribution is 2.20. The third-order valence-electron chi connectivity index (χ3n) is 3.76. The molecule has 0 N–H and O–H groups in total. The minimum absolute atomic E-state index is 0.0148. The highest BCUT2D eigenvalue weighted by atomic mass is 32.2. The van der Waals surface area contributed by atoms with Crippen LogP contribution in [0.25, 0.3) is 10.9 Å². The first-order valence-electron chi connectivity index (χ1n) is 7.52. The topological polar surface area (TPSA) is 53.3 Å². The lowest BCUT2D eigenvalue weighted by molar-refractivity contribution is 0.0937. The summed E-state index contributed by atoms with van der Waals surface area (Å²) < 4.78 is 12.5. The Morgan fingerprint density at radius 3 is 3.09 bits per heavy atom. The summed E-state index contributed by atoms with van der Waals surface area (Å²) in [5, 5.41) is 1.41. The Morgan fingerprint density at radius 1 is 1.45 bits per heavy atom. The first-order valence-corrected chi connectivity index (χ1v) is 8.51. The van der Waals surface area contributed by atoms with Gasteiger partial charge in [0.2, 0.25) is 0 Å². The molecule has 1 aromatic heterocycles. The Balaban J connectivity index is 1.98. The number of rotatable bonds is 6.